The Morgan fingerprint density at radius 1 is 1.22 bits per heavy atom. The summed E-state index contributed by atoms with van der Waals surface area (Å²) >= 11 is 0. The van der Waals surface area contributed by atoms with E-state index in [4.69, 9.17) is 5.11 Å². The average molecular weight is 249 g/mol. The fraction of sp³-hybridized carbons (Fsp3) is 0.429. The fourth-order valence-electron chi connectivity index (χ4n) is 1.81. The molecule has 1 unspecified atom stereocenters. The molecule has 0 amide bonds. The van der Waals surface area contributed by atoms with Crippen molar-refractivity contribution < 1.29 is 14.7 Å². The predicted molar refractivity (Wildman–Crippen MR) is 69.8 cm³/mol. The van der Waals surface area contributed by atoms with Crippen molar-refractivity contribution in [2.45, 2.75) is 26.3 Å². The Labute approximate surface area is 107 Å². The normalized spacial score (nSPS) is 12.4. The maximum atomic E-state index is 11.9. The Hall–Kier alpha value is -1.68. The molecule has 0 aliphatic heterocycles. The number of hydrogen-bond acceptors (Lipinski definition) is 3. The quantitative estimate of drug-likeness (QED) is 0.595. The van der Waals surface area contributed by atoms with Gasteiger partial charge in [0.15, 0.2) is 11.8 Å². The summed E-state index contributed by atoms with van der Waals surface area (Å²) in [6.07, 6.45) is 0.947. The summed E-state index contributed by atoms with van der Waals surface area (Å²) in [6, 6.07) is 5.95. The molecule has 0 heterocycles. The SMILES string of the molecule is CNC(C(=O)O)C(=O)c1ccc(CC(C)C)cc1. The Morgan fingerprint density at radius 2 is 1.78 bits per heavy atom. The lowest BCUT2D eigenvalue weighted by Gasteiger charge is -2.11. The second-order valence-electron chi connectivity index (χ2n) is 4.72. The van der Waals surface area contributed by atoms with Crippen molar-refractivity contribution in [3.8, 4) is 0 Å². The number of carboxylic acids is 1. The fourth-order valence-corrected chi connectivity index (χ4v) is 1.81. The molecule has 1 aromatic carbocycles. The maximum absolute atomic E-state index is 11.9. The first-order valence-corrected chi connectivity index (χ1v) is 5.99. The van der Waals surface area contributed by atoms with Gasteiger partial charge in [0.05, 0.1) is 0 Å². The number of ketones is 1. The minimum Gasteiger partial charge on any atom is -0.480 e. The molecule has 0 spiro atoms. The highest BCUT2D eigenvalue weighted by Gasteiger charge is 2.25. The first-order chi connectivity index (χ1) is 8.45. The van der Waals surface area contributed by atoms with Crippen molar-refractivity contribution in [1.82, 2.24) is 5.32 Å². The van der Waals surface area contributed by atoms with E-state index < -0.39 is 17.8 Å². The molecule has 0 aromatic heterocycles. The van der Waals surface area contributed by atoms with Gasteiger partial charge in [0, 0.05) is 5.56 Å². The molecule has 0 fully saturated rings. The van der Waals surface area contributed by atoms with Gasteiger partial charge >= 0.3 is 5.97 Å². The Balaban J connectivity index is 2.84. The zero-order chi connectivity index (χ0) is 13.7. The molecule has 0 bridgehead atoms. The summed E-state index contributed by atoms with van der Waals surface area (Å²) in [4.78, 5) is 22.8. The third-order valence-corrected chi connectivity index (χ3v) is 2.68. The standard InChI is InChI=1S/C14H19NO3/c1-9(2)8-10-4-6-11(7-5-10)13(16)12(15-3)14(17)18/h4-7,9,12,15H,8H2,1-3H3,(H,17,18). The van der Waals surface area contributed by atoms with Gasteiger partial charge in [-0.2, -0.15) is 0 Å². The van der Waals surface area contributed by atoms with Crippen LogP contribution in [0, 0.1) is 5.92 Å². The van der Waals surface area contributed by atoms with Crippen molar-refractivity contribution in [2.24, 2.45) is 5.92 Å². The van der Waals surface area contributed by atoms with Crippen molar-refractivity contribution in [2.75, 3.05) is 7.05 Å². The van der Waals surface area contributed by atoms with Gasteiger partial charge in [0.25, 0.3) is 0 Å². The highest BCUT2D eigenvalue weighted by atomic mass is 16.4. The van der Waals surface area contributed by atoms with Crippen LogP contribution in [0.1, 0.15) is 29.8 Å². The van der Waals surface area contributed by atoms with Gasteiger partial charge in [0.1, 0.15) is 0 Å². The van der Waals surface area contributed by atoms with Crippen LogP contribution in [0.3, 0.4) is 0 Å². The second kappa shape index (κ2) is 6.31. The first-order valence-electron chi connectivity index (χ1n) is 5.99. The second-order valence-corrected chi connectivity index (χ2v) is 4.72. The summed E-state index contributed by atoms with van der Waals surface area (Å²) in [5.74, 6) is -1.02. The van der Waals surface area contributed by atoms with Crippen LogP contribution in [-0.2, 0) is 11.2 Å². The van der Waals surface area contributed by atoms with Gasteiger partial charge in [-0.15, -0.1) is 0 Å². The van der Waals surface area contributed by atoms with E-state index >= 15 is 0 Å². The molecule has 1 atom stereocenters. The van der Waals surface area contributed by atoms with E-state index in [1.165, 1.54) is 7.05 Å². The number of aliphatic carboxylic acids is 1. The number of benzene rings is 1. The van der Waals surface area contributed by atoms with Crippen LogP contribution in [0.5, 0.6) is 0 Å². The summed E-state index contributed by atoms with van der Waals surface area (Å²) in [7, 11) is 1.46. The van der Waals surface area contributed by atoms with E-state index in [0.29, 0.717) is 11.5 Å². The largest absolute Gasteiger partial charge is 0.480 e. The third kappa shape index (κ3) is 3.67. The Bertz CT molecular complexity index is 423. The van der Waals surface area contributed by atoms with Gasteiger partial charge in [-0.3, -0.25) is 9.59 Å². The van der Waals surface area contributed by atoms with Crippen LogP contribution >= 0.6 is 0 Å². The van der Waals surface area contributed by atoms with Crippen molar-refractivity contribution in [3.05, 3.63) is 35.4 Å². The topological polar surface area (TPSA) is 66.4 Å². The molecule has 0 aliphatic rings. The van der Waals surface area contributed by atoms with Crippen LogP contribution in [0.15, 0.2) is 24.3 Å². The van der Waals surface area contributed by atoms with Crippen molar-refractivity contribution >= 4 is 11.8 Å². The molecule has 0 saturated heterocycles. The molecule has 4 nitrogen and oxygen atoms in total. The molecule has 4 heteroatoms. The lowest BCUT2D eigenvalue weighted by molar-refractivity contribution is -0.137. The van der Waals surface area contributed by atoms with Crippen LogP contribution in [0.25, 0.3) is 0 Å². The summed E-state index contributed by atoms with van der Waals surface area (Å²) in [6.45, 7) is 4.25. The molecule has 1 rings (SSSR count). The predicted octanol–water partition coefficient (Wildman–Crippen LogP) is 1.74. The molecule has 98 valence electrons. The Kier molecular flexibility index (Phi) is 5.04. The number of carboxylic acid groups (broad SMARTS) is 1. The monoisotopic (exact) mass is 249 g/mol. The third-order valence-electron chi connectivity index (χ3n) is 2.68. The molecule has 0 radical (unpaired) electrons. The Morgan fingerprint density at radius 3 is 2.17 bits per heavy atom. The summed E-state index contributed by atoms with van der Waals surface area (Å²) in [5.41, 5.74) is 1.57. The van der Waals surface area contributed by atoms with E-state index in [9.17, 15) is 9.59 Å². The number of nitrogens with one attached hydrogen (secondary N) is 1. The number of hydrogen-bond donors (Lipinski definition) is 2. The van der Waals surface area contributed by atoms with Crippen molar-refractivity contribution in [1.29, 1.82) is 0 Å². The number of rotatable bonds is 6. The molecular weight excluding hydrogens is 230 g/mol. The highest BCUT2D eigenvalue weighted by Crippen LogP contribution is 2.11. The van der Waals surface area contributed by atoms with Crippen LogP contribution in [0.4, 0.5) is 0 Å². The van der Waals surface area contributed by atoms with Crippen LogP contribution < -0.4 is 5.32 Å². The molecule has 1 aromatic rings. The minimum absolute atomic E-state index is 0.416. The van der Waals surface area contributed by atoms with Gasteiger partial charge in [0.2, 0.25) is 0 Å². The molecule has 0 saturated carbocycles. The number of carbonyl (C=O) groups is 2. The summed E-state index contributed by atoms with van der Waals surface area (Å²) in [5, 5.41) is 11.4. The van der Waals surface area contributed by atoms with E-state index in [2.05, 4.69) is 19.2 Å². The number of Topliss-reactive ketones (excluding diaryl/α,β-unsaturated/α-hetero) is 1. The lowest BCUT2D eigenvalue weighted by atomic mass is 9.99. The molecular formula is C14H19NO3. The first kappa shape index (κ1) is 14.4. The van der Waals surface area contributed by atoms with Crippen molar-refractivity contribution in [3.63, 3.8) is 0 Å². The zero-order valence-electron chi connectivity index (χ0n) is 10.9. The molecule has 18 heavy (non-hydrogen) atoms. The average Bonchev–Trinajstić information content (AvgIpc) is 2.29. The van der Waals surface area contributed by atoms with E-state index in [0.717, 1.165) is 12.0 Å². The van der Waals surface area contributed by atoms with E-state index in [1.54, 1.807) is 12.1 Å². The smallest absolute Gasteiger partial charge is 0.328 e. The zero-order valence-corrected chi connectivity index (χ0v) is 10.9. The van der Waals surface area contributed by atoms with E-state index in [1.807, 2.05) is 12.1 Å². The number of carbonyl (C=O) groups excluding carboxylic acids is 1. The van der Waals surface area contributed by atoms with Gasteiger partial charge in [-0.25, -0.2) is 0 Å². The molecule has 2 N–H and O–H groups in total. The van der Waals surface area contributed by atoms with Gasteiger partial charge in [-0.05, 0) is 24.9 Å². The van der Waals surface area contributed by atoms with Crippen LogP contribution in [-0.4, -0.2) is 29.9 Å². The van der Waals surface area contributed by atoms with Gasteiger partial charge < -0.3 is 10.4 Å². The number of likely N-dealkylation sites (N-methyl/N-ethyl adjacent to an activating group) is 1. The highest BCUT2D eigenvalue weighted by molar-refractivity contribution is 6.11. The lowest BCUT2D eigenvalue weighted by Crippen LogP contribution is -2.41. The van der Waals surface area contributed by atoms with Crippen LogP contribution in [0.2, 0.25) is 0 Å². The maximum Gasteiger partial charge on any atom is 0.328 e. The van der Waals surface area contributed by atoms with E-state index in [-0.39, 0.29) is 0 Å². The summed E-state index contributed by atoms with van der Waals surface area (Å²) < 4.78 is 0. The van der Waals surface area contributed by atoms with Gasteiger partial charge in [-0.1, -0.05) is 38.1 Å². The minimum atomic E-state index is -1.18. The molecule has 0 aliphatic carbocycles.